The first-order valence-corrected chi connectivity index (χ1v) is 10.1. The zero-order valence-corrected chi connectivity index (χ0v) is 17.1. The first-order chi connectivity index (χ1) is 12.3. The van der Waals surface area contributed by atoms with Gasteiger partial charge in [0.05, 0.1) is 5.56 Å². The highest BCUT2D eigenvalue weighted by atomic mass is 79.9. The number of primary amides is 1. The molecule has 7 heteroatoms. The number of thiophene rings is 1. The highest BCUT2D eigenvalue weighted by molar-refractivity contribution is 9.10. The van der Waals surface area contributed by atoms with Crippen molar-refractivity contribution >= 4 is 44.1 Å². The van der Waals surface area contributed by atoms with Crippen molar-refractivity contribution < 1.29 is 14.3 Å². The Kier molecular flexibility index (Phi) is 5.67. The average Bonchev–Trinajstić information content (AvgIpc) is 2.92. The number of carbonyl (C=O) groups is 2. The lowest BCUT2D eigenvalue weighted by atomic mass is 9.88. The minimum Gasteiger partial charge on any atom is -0.484 e. The molecule has 3 rings (SSSR count). The maximum absolute atomic E-state index is 12.3. The normalized spacial score (nSPS) is 16.0. The number of nitrogens with two attached hydrogens (primary N) is 1. The zero-order valence-electron chi connectivity index (χ0n) is 14.7. The SMILES string of the molecule is Cc1cc(OCC(=O)Nc2sc3c(c2C(N)=O)CCC(C)C3)ccc1Br. The van der Waals surface area contributed by atoms with Gasteiger partial charge in [0, 0.05) is 9.35 Å². The summed E-state index contributed by atoms with van der Waals surface area (Å²) in [6, 6.07) is 5.53. The lowest BCUT2D eigenvalue weighted by Crippen LogP contribution is -2.22. The number of hydrogen-bond acceptors (Lipinski definition) is 4. The van der Waals surface area contributed by atoms with Crippen LogP contribution in [0.1, 0.15) is 39.7 Å². The van der Waals surface area contributed by atoms with Crippen molar-refractivity contribution in [2.45, 2.75) is 33.1 Å². The van der Waals surface area contributed by atoms with Gasteiger partial charge in [-0.25, -0.2) is 0 Å². The van der Waals surface area contributed by atoms with Crippen LogP contribution < -0.4 is 15.8 Å². The van der Waals surface area contributed by atoms with E-state index in [1.54, 1.807) is 6.07 Å². The second kappa shape index (κ2) is 7.80. The Morgan fingerprint density at radius 3 is 2.88 bits per heavy atom. The van der Waals surface area contributed by atoms with Gasteiger partial charge in [0.15, 0.2) is 6.61 Å². The summed E-state index contributed by atoms with van der Waals surface area (Å²) in [6.07, 6.45) is 2.78. The molecule has 0 saturated carbocycles. The fourth-order valence-corrected chi connectivity index (χ4v) is 4.80. The molecule has 2 aromatic rings. The third-order valence-electron chi connectivity index (χ3n) is 4.51. The van der Waals surface area contributed by atoms with Crippen LogP contribution in [0.2, 0.25) is 0 Å². The number of aryl methyl sites for hydroxylation is 1. The van der Waals surface area contributed by atoms with E-state index in [0.29, 0.717) is 22.2 Å². The molecular formula is C19H21BrN2O3S. The van der Waals surface area contributed by atoms with Crippen LogP contribution in [0.15, 0.2) is 22.7 Å². The molecule has 26 heavy (non-hydrogen) atoms. The van der Waals surface area contributed by atoms with E-state index in [9.17, 15) is 9.59 Å². The number of nitrogens with one attached hydrogen (secondary N) is 1. The molecule has 0 saturated heterocycles. The molecule has 0 radical (unpaired) electrons. The predicted octanol–water partition coefficient (Wildman–Crippen LogP) is 4.06. The Bertz CT molecular complexity index is 863. The van der Waals surface area contributed by atoms with Gasteiger partial charge in [0.2, 0.25) is 0 Å². The van der Waals surface area contributed by atoms with Crippen LogP contribution in [0.5, 0.6) is 5.75 Å². The number of benzene rings is 1. The third kappa shape index (κ3) is 4.10. The molecule has 0 bridgehead atoms. The molecule has 0 spiro atoms. The Morgan fingerprint density at radius 1 is 1.42 bits per heavy atom. The minimum absolute atomic E-state index is 0.127. The number of halogens is 1. The summed E-state index contributed by atoms with van der Waals surface area (Å²) in [5, 5.41) is 3.34. The Hall–Kier alpha value is -1.86. The van der Waals surface area contributed by atoms with E-state index in [1.807, 2.05) is 19.1 Å². The van der Waals surface area contributed by atoms with E-state index in [-0.39, 0.29) is 12.5 Å². The van der Waals surface area contributed by atoms with Gasteiger partial charge in [-0.05, 0) is 61.4 Å². The first-order valence-electron chi connectivity index (χ1n) is 8.48. The molecule has 2 amide bonds. The summed E-state index contributed by atoms with van der Waals surface area (Å²) in [6.45, 7) is 4.02. The molecule has 1 heterocycles. The number of ether oxygens (including phenoxy) is 1. The average molecular weight is 437 g/mol. The Balaban J connectivity index is 1.71. The lowest BCUT2D eigenvalue weighted by Gasteiger charge is -2.18. The number of amides is 2. The number of rotatable bonds is 5. The van der Waals surface area contributed by atoms with Crippen molar-refractivity contribution in [1.82, 2.24) is 0 Å². The Labute approximate surface area is 165 Å². The maximum atomic E-state index is 12.3. The molecule has 5 nitrogen and oxygen atoms in total. The lowest BCUT2D eigenvalue weighted by molar-refractivity contribution is -0.118. The molecule has 1 aliphatic carbocycles. The van der Waals surface area contributed by atoms with Crippen LogP contribution in [0, 0.1) is 12.8 Å². The van der Waals surface area contributed by atoms with Crippen LogP contribution >= 0.6 is 27.3 Å². The standard InChI is InChI=1S/C19H21BrN2O3S/c1-10-3-5-13-15(7-10)26-19(17(13)18(21)24)22-16(23)9-25-12-4-6-14(20)11(2)8-12/h4,6,8,10H,3,5,7,9H2,1-2H3,(H2,21,24)(H,22,23). The van der Waals surface area contributed by atoms with Gasteiger partial charge in [0.25, 0.3) is 11.8 Å². The van der Waals surface area contributed by atoms with Crippen LogP contribution in [0.3, 0.4) is 0 Å². The molecule has 0 fully saturated rings. The number of anilines is 1. The van der Waals surface area contributed by atoms with Gasteiger partial charge < -0.3 is 15.8 Å². The van der Waals surface area contributed by atoms with Gasteiger partial charge in [-0.15, -0.1) is 11.3 Å². The molecular weight excluding hydrogens is 416 g/mol. The molecule has 1 aliphatic rings. The van der Waals surface area contributed by atoms with Crippen LogP contribution in [0.4, 0.5) is 5.00 Å². The van der Waals surface area contributed by atoms with E-state index in [2.05, 4.69) is 28.2 Å². The summed E-state index contributed by atoms with van der Waals surface area (Å²) < 4.78 is 6.54. The van der Waals surface area contributed by atoms with E-state index in [1.165, 1.54) is 11.3 Å². The second-order valence-corrected chi connectivity index (χ2v) is 8.63. The minimum atomic E-state index is -0.489. The van der Waals surface area contributed by atoms with Crippen molar-refractivity contribution in [3.8, 4) is 5.75 Å². The van der Waals surface area contributed by atoms with Crippen molar-refractivity contribution in [2.75, 3.05) is 11.9 Å². The van der Waals surface area contributed by atoms with Gasteiger partial charge in [-0.3, -0.25) is 9.59 Å². The zero-order chi connectivity index (χ0) is 18.8. The summed E-state index contributed by atoms with van der Waals surface area (Å²) in [7, 11) is 0. The Morgan fingerprint density at radius 2 is 2.19 bits per heavy atom. The number of fused-ring (bicyclic) bond motifs is 1. The summed E-state index contributed by atoms with van der Waals surface area (Å²) in [5.41, 5.74) is 8.06. The predicted molar refractivity (Wildman–Crippen MR) is 107 cm³/mol. The summed E-state index contributed by atoms with van der Waals surface area (Å²) in [4.78, 5) is 25.4. The van der Waals surface area contributed by atoms with Gasteiger partial charge in [0.1, 0.15) is 10.8 Å². The monoisotopic (exact) mass is 436 g/mol. The van der Waals surface area contributed by atoms with Gasteiger partial charge >= 0.3 is 0 Å². The van der Waals surface area contributed by atoms with E-state index < -0.39 is 5.91 Å². The molecule has 3 N–H and O–H groups in total. The maximum Gasteiger partial charge on any atom is 0.262 e. The molecule has 138 valence electrons. The molecule has 0 aliphatic heterocycles. The second-order valence-electron chi connectivity index (χ2n) is 6.67. The van der Waals surface area contributed by atoms with Crippen molar-refractivity contribution in [1.29, 1.82) is 0 Å². The van der Waals surface area contributed by atoms with Crippen molar-refractivity contribution in [2.24, 2.45) is 11.7 Å². The van der Waals surface area contributed by atoms with E-state index >= 15 is 0 Å². The fourth-order valence-electron chi connectivity index (χ4n) is 3.12. The van der Waals surface area contributed by atoms with Crippen LogP contribution in [0.25, 0.3) is 0 Å². The van der Waals surface area contributed by atoms with Gasteiger partial charge in [-0.1, -0.05) is 22.9 Å². The van der Waals surface area contributed by atoms with Gasteiger partial charge in [-0.2, -0.15) is 0 Å². The van der Waals surface area contributed by atoms with Crippen molar-refractivity contribution in [3.05, 3.63) is 44.2 Å². The summed E-state index contributed by atoms with van der Waals surface area (Å²) >= 11 is 4.88. The topological polar surface area (TPSA) is 81.4 Å². The molecule has 1 aromatic heterocycles. The van der Waals surface area contributed by atoms with Crippen LogP contribution in [-0.4, -0.2) is 18.4 Å². The third-order valence-corrected chi connectivity index (χ3v) is 6.57. The first kappa shape index (κ1) is 18.9. The largest absolute Gasteiger partial charge is 0.484 e. The quantitative estimate of drug-likeness (QED) is 0.740. The smallest absolute Gasteiger partial charge is 0.262 e. The van der Waals surface area contributed by atoms with Crippen molar-refractivity contribution in [3.63, 3.8) is 0 Å². The van der Waals surface area contributed by atoms with E-state index in [4.69, 9.17) is 10.5 Å². The molecule has 1 aromatic carbocycles. The number of hydrogen-bond donors (Lipinski definition) is 2. The highest BCUT2D eigenvalue weighted by Crippen LogP contribution is 2.39. The fraction of sp³-hybridized carbons (Fsp3) is 0.368. The molecule has 1 unspecified atom stereocenters. The highest BCUT2D eigenvalue weighted by Gasteiger charge is 2.27. The summed E-state index contributed by atoms with van der Waals surface area (Å²) in [5.74, 6) is 0.404. The van der Waals surface area contributed by atoms with E-state index in [0.717, 1.165) is 39.7 Å². The molecule has 1 atom stereocenters. The number of carbonyl (C=O) groups excluding carboxylic acids is 2. The van der Waals surface area contributed by atoms with Crippen LogP contribution in [-0.2, 0) is 17.6 Å².